The summed E-state index contributed by atoms with van der Waals surface area (Å²) in [5.74, 6) is -0.367. The van der Waals surface area contributed by atoms with E-state index in [2.05, 4.69) is 15.0 Å². The van der Waals surface area contributed by atoms with Crippen molar-refractivity contribution in [3.05, 3.63) is 52.2 Å². The Bertz CT molecular complexity index is 964. The van der Waals surface area contributed by atoms with Gasteiger partial charge in [-0.25, -0.2) is 9.97 Å². The highest BCUT2D eigenvalue weighted by molar-refractivity contribution is 6.31. The van der Waals surface area contributed by atoms with Crippen molar-refractivity contribution in [2.75, 3.05) is 5.73 Å². The van der Waals surface area contributed by atoms with Crippen LogP contribution < -0.4 is 11.5 Å². The molecule has 0 aliphatic rings. The molecule has 128 valence electrons. The van der Waals surface area contributed by atoms with Gasteiger partial charge in [0, 0.05) is 16.8 Å². The molecule has 3 aromatic rings. The van der Waals surface area contributed by atoms with Crippen molar-refractivity contribution in [2.45, 2.75) is 20.3 Å². The maximum atomic E-state index is 12.0. The molecule has 1 amide bonds. The largest absolute Gasteiger partial charge is 0.368 e. The number of H-pyrrole nitrogens is 1. The topological polar surface area (TPSA) is 111 Å². The van der Waals surface area contributed by atoms with Gasteiger partial charge in [-0.05, 0) is 42.7 Å². The van der Waals surface area contributed by atoms with Gasteiger partial charge in [0.2, 0.25) is 5.95 Å². The van der Waals surface area contributed by atoms with E-state index in [0.29, 0.717) is 27.7 Å². The maximum Gasteiger partial charge on any atom is 0.250 e. The summed E-state index contributed by atoms with van der Waals surface area (Å²) in [6.07, 6.45) is 2.43. The number of anilines is 1. The van der Waals surface area contributed by atoms with Crippen molar-refractivity contribution in [3.8, 4) is 22.6 Å². The molecule has 0 aliphatic heterocycles. The van der Waals surface area contributed by atoms with Crippen LogP contribution in [0.5, 0.6) is 0 Å². The third-order valence-corrected chi connectivity index (χ3v) is 4.29. The van der Waals surface area contributed by atoms with Crippen LogP contribution in [0.1, 0.15) is 28.4 Å². The number of amides is 1. The predicted molar refractivity (Wildman–Crippen MR) is 99.3 cm³/mol. The summed E-state index contributed by atoms with van der Waals surface area (Å²) in [6, 6.07) is 7.28. The Morgan fingerprint density at radius 1 is 1.32 bits per heavy atom. The van der Waals surface area contributed by atoms with E-state index in [-0.39, 0.29) is 5.95 Å². The number of halogens is 1. The van der Waals surface area contributed by atoms with Crippen LogP contribution in [0.2, 0.25) is 5.02 Å². The summed E-state index contributed by atoms with van der Waals surface area (Å²) in [6.45, 7) is 3.91. The van der Waals surface area contributed by atoms with Crippen molar-refractivity contribution >= 4 is 23.5 Å². The van der Waals surface area contributed by atoms with Gasteiger partial charge in [0.15, 0.2) is 0 Å². The van der Waals surface area contributed by atoms with Crippen LogP contribution in [0.15, 0.2) is 30.5 Å². The van der Waals surface area contributed by atoms with Crippen LogP contribution >= 0.6 is 11.6 Å². The van der Waals surface area contributed by atoms with Gasteiger partial charge >= 0.3 is 0 Å². The van der Waals surface area contributed by atoms with Crippen molar-refractivity contribution in [3.63, 3.8) is 0 Å². The quantitative estimate of drug-likeness (QED) is 0.666. The first-order chi connectivity index (χ1) is 11.9. The second kappa shape index (κ2) is 6.57. The number of carbonyl (C=O) groups is 1. The molecule has 0 fully saturated rings. The Kier molecular flexibility index (Phi) is 4.46. The van der Waals surface area contributed by atoms with E-state index in [9.17, 15) is 4.79 Å². The van der Waals surface area contributed by atoms with E-state index >= 15 is 0 Å². The van der Waals surface area contributed by atoms with Crippen LogP contribution in [0.3, 0.4) is 0 Å². The van der Waals surface area contributed by atoms with E-state index in [1.807, 2.05) is 32.0 Å². The summed E-state index contributed by atoms with van der Waals surface area (Å²) >= 11 is 6.16. The number of primary amides is 1. The van der Waals surface area contributed by atoms with E-state index in [0.717, 1.165) is 23.1 Å². The lowest BCUT2D eigenvalue weighted by atomic mass is 10.00. The van der Waals surface area contributed by atoms with E-state index < -0.39 is 5.91 Å². The lowest BCUT2D eigenvalue weighted by Crippen LogP contribution is -2.11. The highest BCUT2D eigenvalue weighted by Gasteiger charge is 2.19. The molecule has 3 rings (SSSR count). The molecule has 25 heavy (non-hydrogen) atoms. The van der Waals surface area contributed by atoms with Crippen molar-refractivity contribution in [2.24, 2.45) is 5.73 Å². The molecule has 0 unspecified atom stereocenters. The number of benzene rings is 1. The molecule has 0 saturated carbocycles. The Hall–Kier alpha value is -2.86. The maximum absolute atomic E-state index is 12.0. The van der Waals surface area contributed by atoms with Crippen LogP contribution in [-0.2, 0) is 6.42 Å². The molecule has 7 heteroatoms. The SMILES string of the molecule is CCc1ccc(Cl)cc1-c1[nH]c(-c2nc(N)ncc2C)cc1C(N)=O. The van der Waals surface area contributed by atoms with Crippen LogP contribution in [0.4, 0.5) is 5.95 Å². The highest BCUT2D eigenvalue weighted by Crippen LogP contribution is 2.33. The number of hydrogen-bond donors (Lipinski definition) is 3. The molecule has 1 aromatic carbocycles. The number of nitrogens with two attached hydrogens (primary N) is 2. The number of nitrogen functional groups attached to an aromatic ring is 1. The van der Waals surface area contributed by atoms with Crippen molar-refractivity contribution in [1.82, 2.24) is 15.0 Å². The lowest BCUT2D eigenvalue weighted by molar-refractivity contribution is 0.100. The van der Waals surface area contributed by atoms with Gasteiger partial charge in [0.05, 0.1) is 22.6 Å². The molecule has 0 atom stereocenters. The number of hydrogen-bond acceptors (Lipinski definition) is 4. The second-order valence-corrected chi connectivity index (χ2v) is 6.19. The first-order valence-corrected chi connectivity index (χ1v) is 8.19. The van der Waals surface area contributed by atoms with Crippen LogP contribution in [0.25, 0.3) is 22.6 Å². The molecule has 2 heterocycles. The van der Waals surface area contributed by atoms with Crippen LogP contribution in [0, 0.1) is 6.92 Å². The molecule has 0 spiro atoms. The van der Waals surface area contributed by atoms with Gasteiger partial charge < -0.3 is 16.5 Å². The van der Waals surface area contributed by atoms with Gasteiger partial charge in [-0.2, -0.15) is 0 Å². The minimum absolute atomic E-state index is 0.161. The fourth-order valence-corrected chi connectivity index (χ4v) is 2.98. The monoisotopic (exact) mass is 355 g/mol. The van der Waals surface area contributed by atoms with Gasteiger partial charge in [-0.15, -0.1) is 0 Å². The van der Waals surface area contributed by atoms with E-state index in [1.54, 1.807) is 12.3 Å². The standard InChI is InChI=1S/C18H18ClN5O/c1-3-10-4-5-11(19)6-12(10)16-13(17(20)25)7-14(23-16)15-9(2)8-22-18(21)24-15/h4-8,23H,3H2,1-2H3,(H2,20,25)(H2,21,22,24). The smallest absolute Gasteiger partial charge is 0.250 e. The number of aryl methyl sites for hydroxylation is 2. The number of aromatic amines is 1. The summed E-state index contributed by atoms with van der Waals surface area (Å²) in [5.41, 5.74) is 16.3. The third-order valence-electron chi connectivity index (χ3n) is 4.05. The minimum Gasteiger partial charge on any atom is -0.368 e. The molecular formula is C18H18ClN5O. The number of nitrogens with one attached hydrogen (secondary N) is 1. The number of rotatable bonds is 4. The number of nitrogens with zero attached hydrogens (tertiary/aromatic N) is 2. The van der Waals surface area contributed by atoms with E-state index in [4.69, 9.17) is 23.1 Å². The zero-order valence-corrected chi connectivity index (χ0v) is 14.7. The van der Waals surface area contributed by atoms with E-state index in [1.165, 1.54) is 0 Å². The van der Waals surface area contributed by atoms with Crippen LogP contribution in [-0.4, -0.2) is 20.9 Å². The zero-order valence-electron chi connectivity index (χ0n) is 13.9. The molecule has 0 bridgehead atoms. The summed E-state index contributed by atoms with van der Waals surface area (Å²) in [4.78, 5) is 23.5. The number of aromatic nitrogens is 3. The Labute approximate surface area is 150 Å². The normalized spacial score (nSPS) is 10.8. The summed E-state index contributed by atoms with van der Waals surface area (Å²) in [5, 5.41) is 0.584. The average Bonchev–Trinajstić information content (AvgIpc) is 3.02. The number of carbonyl (C=O) groups excluding carboxylic acids is 1. The summed E-state index contributed by atoms with van der Waals surface area (Å²) in [7, 11) is 0. The molecule has 5 N–H and O–H groups in total. The molecule has 0 aliphatic carbocycles. The average molecular weight is 356 g/mol. The first kappa shape index (κ1) is 17.0. The fraction of sp³-hybridized carbons (Fsp3) is 0.167. The second-order valence-electron chi connectivity index (χ2n) is 5.75. The molecule has 6 nitrogen and oxygen atoms in total. The minimum atomic E-state index is -0.529. The Morgan fingerprint density at radius 3 is 2.76 bits per heavy atom. The molecule has 2 aromatic heterocycles. The van der Waals surface area contributed by atoms with Gasteiger partial charge in [-0.3, -0.25) is 4.79 Å². The highest BCUT2D eigenvalue weighted by atomic mass is 35.5. The molecule has 0 radical (unpaired) electrons. The Balaban J connectivity index is 2.25. The first-order valence-electron chi connectivity index (χ1n) is 7.81. The summed E-state index contributed by atoms with van der Waals surface area (Å²) < 4.78 is 0. The van der Waals surface area contributed by atoms with Gasteiger partial charge in [0.25, 0.3) is 5.91 Å². The zero-order chi connectivity index (χ0) is 18.1. The predicted octanol–water partition coefficient (Wildman–Crippen LogP) is 3.34. The van der Waals surface area contributed by atoms with Gasteiger partial charge in [0.1, 0.15) is 0 Å². The Morgan fingerprint density at radius 2 is 2.08 bits per heavy atom. The van der Waals surface area contributed by atoms with Crippen molar-refractivity contribution in [1.29, 1.82) is 0 Å². The third kappa shape index (κ3) is 3.21. The molecular weight excluding hydrogens is 338 g/mol. The molecule has 0 saturated heterocycles. The lowest BCUT2D eigenvalue weighted by Gasteiger charge is -2.09. The van der Waals surface area contributed by atoms with Crippen molar-refractivity contribution < 1.29 is 4.79 Å². The fourth-order valence-electron chi connectivity index (χ4n) is 2.81. The van der Waals surface area contributed by atoms with Gasteiger partial charge in [-0.1, -0.05) is 24.6 Å².